The number of halogens is 1. The van der Waals surface area contributed by atoms with E-state index in [4.69, 9.17) is 0 Å². The molecule has 6 nitrogen and oxygen atoms in total. The third-order valence-electron chi connectivity index (χ3n) is 4.27. The molecule has 0 amide bonds. The lowest BCUT2D eigenvalue weighted by Gasteiger charge is -2.30. The van der Waals surface area contributed by atoms with Gasteiger partial charge in [-0.1, -0.05) is 51.1 Å². The summed E-state index contributed by atoms with van der Waals surface area (Å²) in [6, 6.07) is 10.6. The van der Waals surface area contributed by atoms with Crippen molar-refractivity contribution in [2.75, 3.05) is 44.7 Å². The molecule has 0 spiro atoms. The maximum absolute atomic E-state index is 11.6. The van der Waals surface area contributed by atoms with E-state index in [2.05, 4.69) is 58.6 Å². The molecule has 2 N–H and O–H groups in total. The van der Waals surface area contributed by atoms with E-state index in [0.29, 0.717) is 19.0 Å². The summed E-state index contributed by atoms with van der Waals surface area (Å²) in [6.07, 6.45) is 0. The van der Waals surface area contributed by atoms with Gasteiger partial charge in [-0.05, 0) is 18.7 Å². The van der Waals surface area contributed by atoms with Gasteiger partial charge in [-0.15, -0.1) is 24.0 Å². The van der Waals surface area contributed by atoms with E-state index < -0.39 is 9.84 Å². The van der Waals surface area contributed by atoms with E-state index in [1.165, 1.54) is 5.56 Å². The van der Waals surface area contributed by atoms with Crippen molar-refractivity contribution in [3.05, 3.63) is 35.9 Å². The first-order valence-corrected chi connectivity index (χ1v) is 10.7. The van der Waals surface area contributed by atoms with Crippen LogP contribution in [0.1, 0.15) is 32.4 Å². The van der Waals surface area contributed by atoms with Gasteiger partial charge in [-0.25, -0.2) is 8.42 Å². The van der Waals surface area contributed by atoms with Gasteiger partial charge in [0.2, 0.25) is 0 Å². The van der Waals surface area contributed by atoms with Crippen molar-refractivity contribution in [2.45, 2.75) is 26.8 Å². The summed E-state index contributed by atoms with van der Waals surface area (Å²) < 4.78 is 23.2. The lowest BCUT2D eigenvalue weighted by molar-refractivity contribution is 0.219. The Balaban J connectivity index is 0.00000625. The smallest absolute Gasteiger partial charge is 0.191 e. The Morgan fingerprint density at radius 2 is 1.73 bits per heavy atom. The van der Waals surface area contributed by atoms with Crippen LogP contribution in [0.15, 0.2) is 35.3 Å². The molecule has 1 aromatic rings. The molecule has 0 saturated carbocycles. The fraction of sp³-hybridized carbons (Fsp3) is 0.611. The molecular weight excluding hydrogens is 463 g/mol. The maximum Gasteiger partial charge on any atom is 0.191 e. The van der Waals surface area contributed by atoms with Crippen molar-refractivity contribution in [1.29, 1.82) is 0 Å². The summed E-state index contributed by atoms with van der Waals surface area (Å²) in [7, 11) is -1.28. The highest BCUT2D eigenvalue weighted by atomic mass is 127. The van der Waals surface area contributed by atoms with Gasteiger partial charge < -0.3 is 10.6 Å². The molecule has 0 aromatic heterocycles. The second-order valence-electron chi connectivity index (χ2n) is 5.76. The molecule has 1 aromatic carbocycles. The first kappa shape index (κ1) is 25.1. The van der Waals surface area contributed by atoms with Crippen LogP contribution in [-0.2, 0) is 9.84 Å². The minimum absolute atomic E-state index is 0. The Labute approximate surface area is 175 Å². The molecule has 0 aliphatic carbocycles. The first-order chi connectivity index (χ1) is 12.0. The van der Waals surface area contributed by atoms with Crippen LogP contribution in [0.3, 0.4) is 0 Å². The van der Waals surface area contributed by atoms with Crippen LogP contribution in [0.2, 0.25) is 0 Å². The van der Waals surface area contributed by atoms with E-state index in [9.17, 15) is 8.42 Å². The highest BCUT2D eigenvalue weighted by molar-refractivity contribution is 14.0. The predicted octanol–water partition coefficient (Wildman–Crippen LogP) is 2.29. The van der Waals surface area contributed by atoms with Gasteiger partial charge in [0.1, 0.15) is 0 Å². The maximum atomic E-state index is 11.6. The van der Waals surface area contributed by atoms with Gasteiger partial charge in [-0.3, -0.25) is 9.89 Å². The highest BCUT2D eigenvalue weighted by Gasteiger charge is 2.18. The summed E-state index contributed by atoms with van der Waals surface area (Å²) in [5, 5.41) is 6.41. The molecule has 1 atom stereocenters. The Hall–Kier alpha value is -0.870. The van der Waals surface area contributed by atoms with E-state index in [1.54, 1.807) is 14.0 Å². The summed E-state index contributed by atoms with van der Waals surface area (Å²) in [6.45, 7) is 8.95. The molecule has 0 bridgehead atoms. The summed E-state index contributed by atoms with van der Waals surface area (Å²) >= 11 is 0. The fourth-order valence-electron chi connectivity index (χ4n) is 2.68. The number of nitrogens with one attached hydrogen (secondary N) is 2. The zero-order chi connectivity index (χ0) is 18.7. The molecule has 1 unspecified atom stereocenters. The van der Waals surface area contributed by atoms with Crippen LogP contribution >= 0.6 is 24.0 Å². The standard InChI is InChI=1S/C18H32N4O2S.HI/c1-5-22(6-2)17(16-11-9-8-10-12-16)15-21-18(19-4)20-13-14-25(23,24)7-3;/h8-12,17H,5-7,13-15H2,1-4H3,(H2,19,20,21);1H. The van der Waals surface area contributed by atoms with Gasteiger partial charge in [0.15, 0.2) is 15.8 Å². The normalized spacial score (nSPS) is 13.2. The van der Waals surface area contributed by atoms with Gasteiger partial charge in [0.05, 0.1) is 11.8 Å². The second kappa shape index (κ2) is 13.3. The van der Waals surface area contributed by atoms with Crippen LogP contribution in [-0.4, -0.2) is 64.0 Å². The number of sulfone groups is 1. The number of hydrogen-bond acceptors (Lipinski definition) is 4. The monoisotopic (exact) mass is 496 g/mol. The van der Waals surface area contributed by atoms with Crippen molar-refractivity contribution in [3.63, 3.8) is 0 Å². The molecule has 0 aliphatic rings. The molecule has 0 saturated heterocycles. The van der Waals surface area contributed by atoms with E-state index in [1.807, 2.05) is 6.07 Å². The highest BCUT2D eigenvalue weighted by Crippen LogP contribution is 2.19. The molecular formula is C18H33IN4O2S. The first-order valence-electron chi connectivity index (χ1n) is 8.91. The molecule has 150 valence electrons. The van der Waals surface area contributed by atoms with Crippen LogP contribution in [0.4, 0.5) is 0 Å². The summed E-state index contributed by atoms with van der Waals surface area (Å²) in [5.41, 5.74) is 1.25. The Kier molecular flexibility index (Phi) is 12.9. The number of rotatable bonds is 10. The molecule has 1 rings (SSSR count). The largest absolute Gasteiger partial charge is 0.355 e. The van der Waals surface area contributed by atoms with Crippen molar-refractivity contribution < 1.29 is 8.42 Å². The lowest BCUT2D eigenvalue weighted by atomic mass is 10.1. The topological polar surface area (TPSA) is 73.8 Å². The van der Waals surface area contributed by atoms with Crippen LogP contribution in [0, 0.1) is 0 Å². The van der Waals surface area contributed by atoms with Crippen molar-refractivity contribution in [3.8, 4) is 0 Å². The number of hydrogen-bond donors (Lipinski definition) is 2. The molecule has 0 fully saturated rings. The Morgan fingerprint density at radius 1 is 1.12 bits per heavy atom. The third-order valence-corrected chi connectivity index (χ3v) is 5.98. The minimum atomic E-state index is -2.97. The van der Waals surface area contributed by atoms with Crippen LogP contribution in [0.25, 0.3) is 0 Å². The van der Waals surface area contributed by atoms with Crippen LogP contribution in [0.5, 0.6) is 0 Å². The van der Waals surface area contributed by atoms with E-state index >= 15 is 0 Å². The average molecular weight is 496 g/mol. The average Bonchev–Trinajstić information content (AvgIpc) is 2.64. The zero-order valence-electron chi connectivity index (χ0n) is 16.2. The van der Waals surface area contributed by atoms with Gasteiger partial charge in [-0.2, -0.15) is 0 Å². The number of guanidine groups is 1. The Morgan fingerprint density at radius 3 is 2.23 bits per heavy atom. The van der Waals surface area contributed by atoms with Crippen molar-refractivity contribution in [2.24, 2.45) is 4.99 Å². The quantitative estimate of drug-likeness (QED) is 0.296. The van der Waals surface area contributed by atoms with Crippen molar-refractivity contribution >= 4 is 39.8 Å². The van der Waals surface area contributed by atoms with Crippen molar-refractivity contribution in [1.82, 2.24) is 15.5 Å². The van der Waals surface area contributed by atoms with Gasteiger partial charge in [0.25, 0.3) is 0 Å². The van der Waals surface area contributed by atoms with E-state index in [0.717, 1.165) is 13.1 Å². The van der Waals surface area contributed by atoms with Gasteiger partial charge in [0, 0.05) is 25.9 Å². The Bertz CT molecular complexity index is 619. The molecule has 0 aliphatic heterocycles. The molecule has 8 heteroatoms. The van der Waals surface area contributed by atoms with E-state index in [-0.39, 0.29) is 41.5 Å². The van der Waals surface area contributed by atoms with Crippen LogP contribution < -0.4 is 10.6 Å². The predicted molar refractivity (Wildman–Crippen MR) is 121 cm³/mol. The minimum Gasteiger partial charge on any atom is -0.355 e. The summed E-state index contributed by atoms with van der Waals surface area (Å²) in [5.74, 6) is 0.903. The molecule has 0 heterocycles. The SMILES string of the molecule is CCN(CC)C(CNC(=NC)NCCS(=O)(=O)CC)c1ccccc1.I. The second-order valence-corrected chi connectivity index (χ2v) is 8.24. The molecule has 0 radical (unpaired) electrons. The van der Waals surface area contributed by atoms with Gasteiger partial charge >= 0.3 is 0 Å². The number of nitrogens with zero attached hydrogens (tertiary/aromatic N) is 2. The number of benzene rings is 1. The fourth-order valence-corrected chi connectivity index (χ4v) is 3.38. The lowest BCUT2D eigenvalue weighted by Crippen LogP contribution is -2.44. The summed E-state index contributed by atoms with van der Waals surface area (Å²) in [4.78, 5) is 6.58. The molecule has 26 heavy (non-hydrogen) atoms. The third kappa shape index (κ3) is 8.68. The number of aliphatic imine (C=N–C) groups is 1. The zero-order valence-corrected chi connectivity index (χ0v) is 19.4. The number of likely N-dealkylation sites (N-methyl/N-ethyl adjacent to an activating group) is 1.